The minimum absolute atomic E-state index is 0.0131. The zero-order valence-corrected chi connectivity index (χ0v) is 37.6. The van der Waals surface area contributed by atoms with Gasteiger partial charge in [-0.15, -0.1) is 0 Å². The second kappa shape index (κ2) is 42.0. The summed E-state index contributed by atoms with van der Waals surface area (Å²) >= 11 is 0. The van der Waals surface area contributed by atoms with Crippen molar-refractivity contribution in [1.82, 2.24) is 9.80 Å². The van der Waals surface area contributed by atoms with E-state index in [1.165, 1.54) is 122 Å². The second-order valence-corrected chi connectivity index (χ2v) is 16.8. The van der Waals surface area contributed by atoms with Crippen molar-refractivity contribution in [2.75, 3.05) is 40.3 Å². The van der Waals surface area contributed by atoms with Gasteiger partial charge in [0.25, 0.3) is 0 Å². The van der Waals surface area contributed by atoms with Gasteiger partial charge in [0.2, 0.25) is 5.91 Å². The summed E-state index contributed by atoms with van der Waals surface area (Å²) in [6.07, 6.45) is 39.7. The second-order valence-electron chi connectivity index (χ2n) is 16.8. The van der Waals surface area contributed by atoms with E-state index in [4.69, 9.17) is 9.47 Å². The molecule has 0 aromatic carbocycles. The van der Waals surface area contributed by atoms with Gasteiger partial charge in [-0.2, -0.15) is 0 Å². The molecule has 0 aliphatic rings. The number of hydrogen-bond donors (Lipinski definition) is 0. The summed E-state index contributed by atoms with van der Waals surface area (Å²) in [4.78, 5) is 41.3. The monoisotopic (exact) mass is 779 g/mol. The van der Waals surface area contributed by atoms with Gasteiger partial charge in [-0.05, 0) is 83.8 Å². The lowest BCUT2D eigenvalue weighted by Crippen LogP contribution is -2.29. The minimum Gasteiger partial charge on any atom is -0.466 e. The molecular weight excluding hydrogens is 685 g/mol. The maximum Gasteiger partial charge on any atom is 0.306 e. The van der Waals surface area contributed by atoms with Gasteiger partial charge < -0.3 is 19.3 Å². The first-order valence-electron chi connectivity index (χ1n) is 24.1. The molecule has 0 rings (SSSR count). The lowest BCUT2D eigenvalue weighted by atomic mass is 10.0. The van der Waals surface area contributed by atoms with Crippen LogP contribution in [0, 0.1) is 0 Å². The van der Waals surface area contributed by atoms with E-state index in [-0.39, 0.29) is 23.9 Å². The fourth-order valence-electron chi connectivity index (χ4n) is 7.41. The molecule has 0 aliphatic heterocycles. The van der Waals surface area contributed by atoms with Gasteiger partial charge in [0, 0.05) is 33.4 Å². The van der Waals surface area contributed by atoms with Crippen LogP contribution in [0.25, 0.3) is 0 Å². The van der Waals surface area contributed by atoms with Crippen molar-refractivity contribution in [2.24, 2.45) is 0 Å². The van der Waals surface area contributed by atoms with Gasteiger partial charge in [0.15, 0.2) is 0 Å². The molecule has 0 spiro atoms. The SMILES string of the molecule is CCCCCCCCCOC(=O)CCCCCCCN(CCCCCCCC(=O)OC(CCCCCCCC)CCCCCCCC)CCCC(=O)N(C)C. The third-order valence-electron chi connectivity index (χ3n) is 11.1. The maximum atomic E-state index is 12.8. The number of carbonyl (C=O) groups excluding carboxylic acids is 3. The summed E-state index contributed by atoms with van der Waals surface area (Å²) in [7, 11) is 3.67. The predicted octanol–water partition coefficient (Wildman–Crippen LogP) is 13.5. The third kappa shape index (κ3) is 39.0. The molecule has 55 heavy (non-hydrogen) atoms. The molecule has 0 saturated carbocycles. The summed E-state index contributed by atoms with van der Waals surface area (Å²) in [5, 5.41) is 0. The zero-order chi connectivity index (χ0) is 40.5. The minimum atomic E-state index is -0.0318. The van der Waals surface area contributed by atoms with Crippen LogP contribution in [0.15, 0.2) is 0 Å². The highest BCUT2D eigenvalue weighted by atomic mass is 16.5. The number of carbonyl (C=O) groups is 3. The van der Waals surface area contributed by atoms with E-state index in [0.29, 0.717) is 25.9 Å². The fraction of sp³-hybridized carbons (Fsp3) is 0.938. The average Bonchev–Trinajstić information content (AvgIpc) is 3.17. The van der Waals surface area contributed by atoms with E-state index in [2.05, 4.69) is 25.7 Å². The van der Waals surface area contributed by atoms with Crippen molar-refractivity contribution in [3.8, 4) is 0 Å². The van der Waals surface area contributed by atoms with Gasteiger partial charge >= 0.3 is 11.9 Å². The van der Waals surface area contributed by atoms with Gasteiger partial charge in [0.05, 0.1) is 6.61 Å². The van der Waals surface area contributed by atoms with Crippen LogP contribution < -0.4 is 0 Å². The van der Waals surface area contributed by atoms with Crippen LogP contribution in [0.2, 0.25) is 0 Å². The van der Waals surface area contributed by atoms with Crippen LogP contribution >= 0.6 is 0 Å². The Bertz CT molecular complexity index is 834. The van der Waals surface area contributed by atoms with Gasteiger partial charge in [-0.25, -0.2) is 0 Å². The molecule has 7 nitrogen and oxygen atoms in total. The molecule has 0 radical (unpaired) electrons. The number of nitrogens with zero attached hydrogens (tertiary/aromatic N) is 2. The summed E-state index contributed by atoms with van der Waals surface area (Å²) in [5.74, 6) is 0.185. The van der Waals surface area contributed by atoms with Crippen LogP contribution in [0.1, 0.15) is 245 Å². The topological polar surface area (TPSA) is 76.1 Å². The van der Waals surface area contributed by atoms with Crippen molar-refractivity contribution >= 4 is 17.8 Å². The fourth-order valence-corrected chi connectivity index (χ4v) is 7.41. The highest BCUT2D eigenvalue weighted by Crippen LogP contribution is 2.19. The molecule has 0 bridgehead atoms. The number of hydrogen-bond acceptors (Lipinski definition) is 6. The first-order valence-corrected chi connectivity index (χ1v) is 24.1. The quantitative estimate of drug-likeness (QED) is 0.0453. The molecule has 0 aromatic heterocycles. The highest BCUT2D eigenvalue weighted by Gasteiger charge is 2.15. The van der Waals surface area contributed by atoms with Crippen LogP contribution in [0.5, 0.6) is 0 Å². The molecule has 0 heterocycles. The van der Waals surface area contributed by atoms with Crippen LogP contribution in [0.3, 0.4) is 0 Å². The van der Waals surface area contributed by atoms with E-state index >= 15 is 0 Å². The Kier molecular flexibility index (Phi) is 40.7. The number of ether oxygens (including phenoxy) is 2. The Hall–Kier alpha value is -1.63. The molecule has 7 heteroatoms. The molecule has 0 aromatic rings. The Morgan fingerprint density at radius 3 is 1.27 bits per heavy atom. The van der Waals surface area contributed by atoms with E-state index in [9.17, 15) is 14.4 Å². The number of esters is 2. The summed E-state index contributed by atoms with van der Waals surface area (Å²) in [5.41, 5.74) is 0. The average molecular weight is 779 g/mol. The summed E-state index contributed by atoms with van der Waals surface area (Å²) in [6, 6.07) is 0. The number of amides is 1. The molecule has 0 N–H and O–H groups in total. The van der Waals surface area contributed by atoms with E-state index in [1.54, 1.807) is 4.90 Å². The van der Waals surface area contributed by atoms with Crippen LogP contribution in [-0.2, 0) is 23.9 Å². The van der Waals surface area contributed by atoms with Crippen LogP contribution in [-0.4, -0.2) is 74.1 Å². The standard InChI is InChI=1S/C48H94N2O5/c1-6-9-12-15-18-27-34-44-54-47(52)39-30-23-19-25-32-41-50(43-35-38-46(51)49(4)5)42-33-26-20-24-31-40-48(53)55-45(36-28-21-16-13-10-7-2)37-29-22-17-14-11-8-3/h45H,6-44H2,1-5H3. The van der Waals surface area contributed by atoms with Crippen LogP contribution in [0.4, 0.5) is 0 Å². The largest absolute Gasteiger partial charge is 0.466 e. The molecule has 0 saturated heterocycles. The number of rotatable bonds is 43. The first-order chi connectivity index (χ1) is 26.8. The normalized spacial score (nSPS) is 11.5. The van der Waals surface area contributed by atoms with Gasteiger partial charge in [-0.3, -0.25) is 14.4 Å². The molecule has 0 atom stereocenters. The molecule has 0 aliphatic carbocycles. The van der Waals surface area contributed by atoms with Crippen molar-refractivity contribution in [2.45, 2.75) is 252 Å². The van der Waals surface area contributed by atoms with Crippen molar-refractivity contribution in [3.05, 3.63) is 0 Å². The molecule has 0 fully saturated rings. The van der Waals surface area contributed by atoms with Gasteiger partial charge in [-0.1, -0.05) is 162 Å². The Morgan fingerprint density at radius 2 is 0.800 bits per heavy atom. The molecule has 0 unspecified atom stereocenters. The smallest absolute Gasteiger partial charge is 0.306 e. The van der Waals surface area contributed by atoms with E-state index in [1.807, 2.05) is 14.1 Å². The van der Waals surface area contributed by atoms with Crippen molar-refractivity contribution in [3.63, 3.8) is 0 Å². The Balaban J connectivity index is 4.31. The van der Waals surface area contributed by atoms with Crippen molar-refractivity contribution < 1.29 is 23.9 Å². The van der Waals surface area contributed by atoms with Crippen molar-refractivity contribution in [1.29, 1.82) is 0 Å². The van der Waals surface area contributed by atoms with E-state index in [0.717, 1.165) is 103 Å². The highest BCUT2D eigenvalue weighted by molar-refractivity contribution is 5.75. The molecule has 1 amide bonds. The summed E-state index contributed by atoms with van der Waals surface area (Å²) < 4.78 is 11.5. The Labute approximate surface area is 342 Å². The molecule has 326 valence electrons. The first kappa shape index (κ1) is 53.4. The van der Waals surface area contributed by atoms with E-state index < -0.39 is 0 Å². The summed E-state index contributed by atoms with van der Waals surface area (Å²) in [6.45, 7) is 10.5. The predicted molar refractivity (Wildman–Crippen MR) is 235 cm³/mol. The maximum absolute atomic E-state index is 12.8. The Morgan fingerprint density at radius 1 is 0.418 bits per heavy atom. The number of unbranched alkanes of at least 4 members (excludes halogenated alkanes) is 24. The third-order valence-corrected chi connectivity index (χ3v) is 11.1. The lowest BCUT2D eigenvalue weighted by molar-refractivity contribution is -0.150. The lowest BCUT2D eigenvalue weighted by Gasteiger charge is -2.22. The van der Waals surface area contributed by atoms with Gasteiger partial charge in [0.1, 0.15) is 6.10 Å². The molecular formula is C48H94N2O5. The zero-order valence-electron chi connectivity index (χ0n) is 37.6.